The lowest BCUT2D eigenvalue weighted by atomic mass is 9.81. The average Bonchev–Trinajstić information content (AvgIpc) is 3.60. The third-order valence-corrected chi connectivity index (χ3v) is 9.32. The number of carboxylic acid groups (broad SMARTS) is 1. The first-order valence-electron chi connectivity index (χ1n) is 17.5. The standard InChI is InChI=1S/C39H47N7O5/c1-23(2)41-38(50)30-14-17-32(24(3)20-30)27-8-4-25(5-9-27)21-33(43-37(49)29-10-6-26(22-40)7-11-29)39(51)42-31-15-12-28(13-16-31)36-44-34(45-46-36)18-19-35(47)48/h4-5,8-9,12-17,20,23,26,29,33H,6-7,10-11,18-19,21-22,40H2,1-3H3,(H,41,50)(H,42,51)(H,43,49)(H,47,48)(H,44,45,46). The number of anilines is 1. The molecule has 3 aromatic carbocycles. The number of H-pyrrole nitrogens is 1. The van der Waals surface area contributed by atoms with Crippen molar-refractivity contribution in [1.82, 2.24) is 25.8 Å². The van der Waals surface area contributed by atoms with E-state index in [0.717, 1.165) is 47.9 Å². The molecule has 51 heavy (non-hydrogen) atoms. The monoisotopic (exact) mass is 693 g/mol. The molecule has 0 saturated heterocycles. The summed E-state index contributed by atoms with van der Waals surface area (Å²) in [5.74, 6) is -0.317. The zero-order valence-corrected chi connectivity index (χ0v) is 29.4. The molecule has 268 valence electrons. The second-order valence-corrected chi connectivity index (χ2v) is 13.6. The van der Waals surface area contributed by atoms with Gasteiger partial charge < -0.3 is 26.8 Å². The van der Waals surface area contributed by atoms with Crippen LogP contribution in [0.4, 0.5) is 5.69 Å². The molecule has 1 aromatic heterocycles. The van der Waals surface area contributed by atoms with Crippen LogP contribution in [0, 0.1) is 18.8 Å². The van der Waals surface area contributed by atoms with E-state index in [-0.39, 0.29) is 48.9 Å². The quantitative estimate of drug-likeness (QED) is 0.106. The Labute approximate surface area is 298 Å². The lowest BCUT2D eigenvalue weighted by molar-refractivity contribution is -0.137. The van der Waals surface area contributed by atoms with E-state index in [0.29, 0.717) is 40.9 Å². The van der Waals surface area contributed by atoms with Crippen molar-refractivity contribution in [3.63, 3.8) is 0 Å². The Morgan fingerprint density at radius 2 is 1.61 bits per heavy atom. The molecule has 0 spiro atoms. The van der Waals surface area contributed by atoms with E-state index < -0.39 is 12.0 Å². The smallest absolute Gasteiger partial charge is 0.303 e. The van der Waals surface area contributed by atoms with Crippen molar-refractivity contribution in [2.75, 3.05) is 11.9 Å². The first-order chi connectivity index (χ1) is 24.5. The number of hydrogen-bond acceptors (Lipinski definition) is 7. The van der Waals surface area contributed by atoms with E-state index in [1.165, 1.54) is 0 Å². The summed E-state index contributed by atoms with van der Waals surface area (Å²) in [5, 5.41) is 24.8. The van der Waals surface area contributed by atoms with Gasteiger partial charge in [-0.1, -0.05) is 30.3 Å². The summed E-state index contributed by atoms with van der Waals surface area (Å²) in [4.78, 5) is 54.9. The summed E-state index contributed by atoms with van der Waals surface area (Å²) in [7, 11) is 0. The molecule has 3 amide bonds. The molecule has 4 aromatic rings. The van der Waals surface area contributed by atoms with Gasteiger partial charge in [0.2, 0.25) is 11.8 Å². The molecule has 0 bridgehead atoms. The Kier molecular flexibility index (Phi) is 12.3. The summed E-state index contributed by atoms with van der Waals surface area (Å²) in [6, 6.07) is 19.8. The first-order valence-corrected chi connectivity index (χ1v) is 17.5. The van der Waals surface area contributed by atoms with Crippen LogP contribution in [0.3, 0.4) is 0 Å². The number of rotatable bonds is 14. The van der Waals surface area contributed by atoms with Crippen LogP contribution in [-0.2, 0) is 27.2 Å². The van der Waals surface area contributed by atoms with Crippen molar-refractivity contribution < 1.29 is 24.3 Å². The number of carboxylic acids is 1. The number of carbonyl (C=O) groups excluding carboxylic acids is 3. The maximum atomic E-state index is 13.8. The number of benzene rings is 3. The number of aromatic amines is 1. The van der Waals surface area contributed by atoms with Crippen LogP contribution in [0.15, 0.2) is 66.7 Å². The molecule has 5 rings (SSSR count). The maximum absolute atomic E-state index is 13.8. The molecule has 7 N–H and O–H groups in total. The summed E-state index contributed by atoms with van der Waals surface area (Å²) in [6.07, 6.45) is 3.76. The highest BCUT2D eigenvalue weighted by Gasteiger charge is 2.29. The third-order valence-electron chi connectivity index (χ3n) is 9.32. The van der Waals surface area contributed by atoms with Crippen molar-refractivity contribution >= 4 is 29.4 Å². The van der Waals surface area contributed by atoms with E-state index in [4.69, 9.17) is 10.8 Å². The fourth-order valence-electron chi connectivity index (χ4n) is 6.38. The number of nitrogens with zero attached hydrogens (tertiary/aromatic N) is 2. The summed E-state index contributed by atoms with van der Waals surface area (Å²) in [5.41, 5.74) is 11.6. The predicted molar refractivity (Wildman–Crippen MR) is 196 cm³/mol. The highest BCUT2D eigenvalue weighted by atomic mass is 16.4. The number of carbonyl (C=O) groups is 4. The molecule has 0 radical (unpaired) electrons. The van der Waals surface area contributed by atoms with Gasteiger partial charge >= 0.3 is 5.97 Å². The largest absolute Gasteiger partial charge is 0.481 e. The minimum absolute atomic E-state index is 0.0467. The average molecular weight is 694 g/mol. The van der Waals surface area contributed by atoms with E-state index in [9.17, 15) is 19.2 Å². The van der Waals surface area contributed by atoms with Crippen LogP contribution >= 0.6 is 0 Å². The van der Waals surface area contributed by atoms with E-state index in [1.807, 2.05) is 63.2 Å². The molecule has 0 aliphatic heterocycles. The van der Waals surface area contributed by atoms with Gasteiger partial charge in [0.15, 0.2) is 5.82 Å². The normalized spacial score (nSPS) is 16.3. The van der Waals surface area contributed by atoms with Crippen LogP contribution in [0.1, 0.15) is 73.3 Å². The molecule has 1 aliphatic rings. The Bertz CT molecular complexity index is 1830. The van der Waals surface area contributed by atoms with Gasteiger partial charge in [-0.2, -0.15) is 5.10 Å². The predicted octanol–water partition coefficient (Wildman–Crippen LogP) is 5.03. The number of nitrogens with one attached hydrogen (secondary N) is 4. The second kappa shape index (κ2) is 17.0. The molecule has 1 saturated carbocycles. The van der Waals surface area contributed by atoms with Crippen molar-refractivity contribution in [3.8, 4) is 22.5 Å². The van der Waals surface area contributed by atoms with E-state index in [1.54, 1.807) is 24.3 Å². The van der Waals surface area contributed by atoms with Gasteiger partial charge in [0, 0.05) is 41.6 Å². The molecule has 1 fully saturated rings. The van der Waals surface area contributed by atoms with Crippen LogP contribution in [0.2, 0.25) is 0 Å². The fraction of sp³-hybridized carbons (Fsp3) is 0.385. The molecule has 1 aliphatic carbocycles. The van der Waals surface area contributed by atoms with Crippen LogP contribution in [0.5, 0.6) is 0 Å². The minimum Gasteiger partial charge on any atom is -0.481 e. The molecule has 1 atom stereocenters. The van der Waals surface area contributed by atoms with Crippen LogP contribution in [-0.4, -0.2) is 62.6 Å². The highest BCUT2D eigenvalue weighted by Crippen LogP contribution is 2.29. The Balaban J connectivity index is 1.29. The second-order valence-electron chi connectivity index (χ2n) is 13.6. The first kappa shape index (κ1) is 36.9. The number of aryl methyl sites for hydroxylation is 2. The zero-order valence-electron chi connectivity index (χ0n) is 29.4. The van der Waals surface area contributed by atoms with Gasteiger partial charge in [0.1, 0.15) is 11.9 Å². The van der Waals surface area contributed by atoms with Gasteiger partial charge in [-0.3, -0.25) is 24.3 Å². The van der Waals surface area contributed by atoms with Gasteiger partial charge in [-0.05, 0) is 118 Å². The Morgan fingerprint density at radius 3 is 2.24 bits per heavy atom. The van der Waals surface area contributed by atoms with Crippen molar-refractivity contribution in [2.45, 2.75) is 77.8 Å². The van der Waals surface area contributed by atoms with E-state index in [2.05, 4.69) is 31.1 Å². The zero-order chi connectivity index (χ0) is 36.5. The third kappa shape index (κ3) is 10.1. The van der Waals surface area contributed by atoms with Gasteiger partial charge in [-0.25, -0.2) is 4.98 Å². The lowest BCUT2D eigenvalue weighted by Gasteiger charge is -2.28. The Hall–Kier alpha value is -5.36. The number of aromatic nitrogens is 3. The SMILES string of the molecule is Cc1cc(C(=O)NC(C)C)ccc1-c1ccc(CC(NC(=O)C2CCC(CN)CC2)C(=O)Nc2ccc(-c3n[nH]c(CCC(=O)O)n3)cc2)cc1. The summed E-state index contributed by atoms with van der Waals surface area (Å²) >= 11 is 0. The van der Waals surface area contributed by atoms with Crippen LogP contribution < -0.4 is 21.7 Å². The van der Waals surface area contributed by atoms with Crippen molar-refractivity contribution in [2.24, 2.45) is 17.6 Å². The summed E-state index contributed by atoms with van der Waals surface area (Å²) < 4.78 is 0. The fourth-order valence-corrected chi connectivity index (χ4v) is 6.38. The van der Waals surface area contributed by atoms with Gasteiger partial charge in [-0.15, -0.1) is 0 Å². The summed E-state index contributed by atoms with van der Waals surface area (Å²) in [6.45, 7) is 6.45. The highest BCUT2D eigenvalue weighted by molar-refractivity contribution is 5.98. The number of nitrogens with two attached hydrogens (primary N) is 1. The lowest BCUT2D eigenvalue weighted by Crippen LogP contribution is -2.48. The maximum Gasteiger partial charge on any atom is 0.303 e. The topological polar surface area (TPSA) is 192 Å². The molecular formula is C39H47N7O5. The number of amides is 3. The number of hydrogen-bond donors (Lipinski definition) is 6. The molecule has 12 nitrogen and oxygen atoms in total. The van der Waals surface area contributed by atoms with Crippen molar-refractivity contribution in [3.05, 3.63) is 89.2 Å². The molecule has 1 heterocycles. The molecule has 12 heteroatoms. The van der Waals surface area contributed by atoms with Gasteiger partial charge in [0.25, 0.3) is 5.91 Å². The van der Waals surface area contributed by atoms with Crippen LogP contribution in [0.25, 0.3) is 22.5 Å². The number of aliphatic carboxylic acids is 1. The Morgan fingerprint density at radius 1 is 0.922 bits per heavy atom. The van der Waals surface area contributed by atoms with E-state index >= 15 is 0 Å². The molecule has 1 unspecified atom stereocenters. The molecular weight excluding hydrogens is 646 g/mol. The minimum atomic E-state index is -0.913. The van der Waals surface area contributed by atoms with Gasteiger partial charge in [0.05, 0.1) is 6.42 Å². The van der Waals surface area contributed by atoms with Crippen molar-refractivity contribution in [1.29, 1.82) is 0 Å².